The summed E-state index contributed by atoms with van der Waals surface area (Å²) in [5.41, 5.74) is 0. The van der Waals surface area contributed by atoms with Crippen molar-refractivity contribution in [2.45, 2.75) is 135 Å². The van der Waals surface area contributed by atoms with Crippen LogP contribution in [0.1, 0.15) is 117 Å². The molecule has 5 unspecified atom stereocenters. The Morgan fingerprint density at radius 1 is 0.412 bits per heavy atom. The molecule has 0 spiro atoms. The highest BCUT2D eigenvalue weighted by atomic mass is 31.2. The molecule has 0 aliphatic heterocycles. The fourth-order valence-corrected chi connectivity index (χ4v) is 6.72. The molecule has 0 saturated heterocycles. The van der Waals surface area contributed by atoms with Gasteiger partial charge in [0, 0.05) is 6.42 Å². The van der Waals surface area contributed by atoms with Gasteiger partial charge in [-0.2, -0.15) is 0 Å². The van der Waals surface area contributed by atoms with Gasteiger partial charge in [0.05, 0.1) is 32.8 Å². The van der Waals surface area contributed by atoms with Gasteiger partial charge in [-0.25, -0.2) is 9.13 Å². The molecule has 0 amide bonds. The summed E-state index contributed by atoms with van der Waals surface area (Å²) in [6.07, 6.45) is 53.2. The monoisotopic (exact) mass is 994 g/mol. The van der Waals surface area contributed by atoms with Gasteiger partial charge >= 0.3 is 27.6 Å². The van der Waals surface area contributed by atoms with E-state index < -0.39 is 85.5 Å². The quantitative estimate of drug-likeness (QED) is 0.0126. The van der Waals surface area contributed by atoms with Crippen molar-refractivity contribution in [3.05, 3.63) is 134 Å². The van der Waals surface area contributed by atoms with Crippen molar-refractivity contribution in [1.82, 2.24) is 0 Å². The maximum absolute atomic E-state index is 12.2. The van der Waals surface area contributed by atoms with Crippen molar-refractivity contribution in [3.63, 3.8) is 0 Å². The van der Waals surface area contributed by atoms with Crippen molar-refractivity contribution < 1.29 is 71.4 Å². The van der Waals surface area contributed by atoms with Crippen LogP contribution < -0.4 is 0 Å². The second-order valence-corrected chi connectivity index (χ2v) is 18.0. The summed E-state index contributed by atoms with van der Waals surface area (Å²) in [6.45, 7) is -0.0306. The number of hydrogen-bond donors (Lipinski definition) is 5. The molecular weight excluding hydrogens is 914 g/mol. The Labute approximate surface area is 405 Å². The van der Waals surface area contributed by atoms with Gasteiger partial charge in [-0.1, -0.05) is 167 Å². The molecular formula is C51H80O15P2. The number of phosphoric acid groups is 2. The summed E-state index contributed by atoms with van der Waals surface area (Å²) in [7, 11) is -9.63. The van der Waals surface area contributed by atoms with E-state index >= 15 is 0 Å². The summed E-state index contributed by atoms with van der Waals surface area (Å²) in [5.74, 6) is -1.16. The third-order valence-corrected chi connectivity index (χ3v) is 10.6. The highest BCUT2D eigenvalue weighted by molar-refractivity contribution is 7.47. The SMILES string of the molecule is CC/C=C\C/C=C\C/C=C\C/C=C\C/C=C\C/C=C\C/C=C\CC(=O)OCC(O)COP(=O)(O)OCC(O)COP(=O)(O)OCC(O)COC(=O)CCCCCCC\C=C/C=C/C=C/C=C/CC. The first-order valence-corrected chi connectivity index (χ1v) is 26.6. The van der Waals surface area contributed by atoms with Crippen LogP contribution in [0.3, 0.4) is 0 Å². The van der Waals surface area contributed by atoms with Crippen LogP contribution in [0.5, 0.6) is 0 Å². The first-order chi connectivity index (χ1) is 32.8. The smallest absolute Gasteiger partial charge is 0.463 e. The molecule has 0 aromatic heterocycles. The number of unbranched alkanes of at least 4 members (excludes halogenated alkanes) is 5. The first kappa shape index (κ1) is 64.2. The molecule has 0 radical (unpaired) electrons. The highest BCUT2D eigenvalue weighted by Gasteiger charge is 2.28. The van der Waals surface area contributed by atoms with Crippen molar-refractivity contribution in [3.8, 4) is 0 Å². The van der Waals surface area contributed by atoms with E-state index in [0.29, 0.717) is 12.8 Å². The average Bonchev–Trinajstić information content (AvgIpc) is 3.31. The summed E-state index contributed by atoms with van der Waals surface area (Å²) in [6, 6.07) is 0. The minimum Gasteiger partial charge on any atom is -0.463 e. The minimum atomic E-state index is -4.82. The number of aliphatic hydroxyl groups excluding tert-OH is 3. The van der Waals surface area contributed by atoms with Gasteiger partial charge in [-0.3, -0.25) is 27.7 Å². The number of aliphatic hydroxyl groups is 3. The molecule has 0 saturated carbocycles. The van der Waals surface area contributed by atoms with Gasteiger partial charge < -0.3 is 34.6 Å². The second kappa shape index (κ2) is 45.6. The number of carbonyl (C=O) groups excluding carboxylic acids is 2. The first-order valence-electron chi connectivity index (χ1n) is 23.6. The third kappa shape index (κ3) is 47.3. The van der Waals surface area contributed by atoms with Crippen molar-refractivity contribution >= 4 is 27.6 Å². The van der Waals surface area contributed by atoms with Crippen LogP contribution in [-0.4, -0.2) is 95.0 Å². The van der Waals surface area contributed by atoms with Crippen LogP contribution in [0.15, 0.2) is 134 Å². The number of hydrogen-bond acceptors (Lipinski definition) is 13. The third-order valence-electron chi connectivity index (χ3n) is 8.73. The van der Waals surface area contributed by atoms with Crippen molar-refractivity contribution in [2.75, 3.05) is 39.6 Å². The molecule has 5 atom stereocenters. The zero-order valence-corrected chi connectivity index (χ0v) is 42.0. The predicted molar refractivity (Wildman–Crippen MR) is 269 cm³/mol. The Hall–Kier alpha value is -3.82. The lowest BCUT2D eigenvalue weighted by atomic mass is 10.1. The molecule has 0 fully saturated rings. The zero-order valence-electron chi connectivity index (χ0n) is 40.2. The van der Waals surface area contributed by atoms with E-state index in [2.05, 4.69) is 105 Å². The van der Waals surface area contributed by atoms with Crippen molar-refractivity contribution in [1.29, 1.82) is 0 Å². The highest BCUT2D eigenvalue weighted by Crippen LogP contribution is 2.45. The minimum absolute atomic E-state index is 0.0466. The molecule has 0 aromatic rings. The summed E-state index contributed by atoms with van der Waals surface area (Å²) >= 11 is 0. The number of esters is 2. The zero-order chi connectivity index (χ0) is 50.2. The lowest BCUT2D eigenvalue weighted by Crippen LogP contribution is -2.25. The normalized spacial score (nSPS) is 16.2. The van der Waals surface area contributed by atoms with Gasteiger partial charge in [0.25, 0.3) is 0 Å². The van der Waals surface area contributed by atoms with E-state index in [9.17, 15) is 43.8 Å². The van der Waals surface area contributed by atoms with Gasteiger partial charge in [0.2, 0.25) is 0 Å². The van der Waals surface area contributed by atoms with Crippen LogP contribution in [0, 0.1) is 0 Å². The Kier molecular flexibility index (Phi) is 43.1. The molecule has 17 heteroatoms. The molecule has 0 aliphatic carbocycles. The number of phosphoric ester groups is 2. The summed E-state index contributed by atoms with van der Waals surface area (Å²) in [5, 5.41) is 30.0. The van der Waals surface area contributed by atoms with E-state index in [-0.39, 0.29) is 12.8 Å². The second-order valence-electron chi connectivity index (χ2n) is 15.1. The Bertz CT molecular complexity index is 1720. The van der Waals surface area contributed by atoms with Crippen LogP contribution in [0.2, 0.25) is 0 Å². The fraction of sp³-hybridized carbons (Fsp3) is 0.529. The van der Waals surface area contributed by atoms with Gasteiger partial charge in [-0.05, 0) is 70.6 Å². The standard InChI is InChI=1S/C51H80O15P2/c1-3-5-7-9-11-13-15-17-19-20-21-22-23-24-26-28-30-32-34-36-38-40-51(56)62-42-48(53)44-64-68(59,60)66-46-49(54)45-65-67(57,58)63-43-47(52)41-61-50(55)39-37-35-33-31-29-27-25-18-16-14-12-10-8-6-4-2/h5-8,10-14,16-19,21-22,24-26,30,32,36,38,47-49,52-54H,3-4,9,15,20,23,27-29,31,33-35,37,39-46H2,1-2H3,(H,57,58)(H,59,60)/b7-5-,8-6+,12-10+,13-11-,16-14+,19-17-,22-21-,25-18-,26-24-,32-30-,38-36-. The van der Waals surface area contributed by atoms with Crippen LogP contribution >= 0.6 is 15.6 Å². The van der Waals surface area contributed by atoms with Crippen LogP contribution in [0.25, 0.3) is 0 Å². The van der Waals surface area contributed by atoms with Crippen LogP contribution in [0.4, 0.5) is 0 Å². The molecule has 5 N–H and O–H groups in total. The van der Waals surface area contributed by atoms with Gasteiger partial charge in [-0.15, -0.1) is 0 Å². The molecule has 15 nitrogen and oxygen atoms in total. The van der Waals surface area contributed by atoms with E-state index in [1.807, 2.05) is 48.6 Å². The Morgan fingerprint density at radius 2 is 0.750 bits per heavy atom. The predicted octanol–water partition coefficient (Wildman–Crippen LogP) is 10.8. The molecule has 384 valence electrons. The molecule has 68 heavy (non-hydrogen) atoms. The van der Waals surface area contributed by atoms with Crippen molar-refractivity contribution in [2.24, 2.45) is 0 Å². The lowest BCUT2D eigenvalue weighted by Gasteiger charge is -2.19. The number of carbonyl (C=O) groups is 2. The van der Waals surface area contributed by atoms with Crippen LogP contribution in [-0.2, 0) is 46.3 Å². The summed E-state index contributed by atoms with van der Waals surface area (Å²) in [4.78, 5) is 43.7. The van der Waals surface area contributed by atoms with E-state index in [0.717, 1.165) is 77.0 Å². The molecule has 0 aromatic carbocycles. The van der Waals surface area contributed by atoms with E-state index in [4.69, 9.17) is 9.47 Å². The van der Waals surface area contributed by atoms with E-state index in [1.165, 1.54) is 0 Å². The molecule has 0 heterocycles. The maximum Gasteiger partial charge on any atom is 0.472 e. The fourth-order valence-electron chi connectivity index (χ4n) is 5.13. The van der Waals surface area contributed by atoms with E-state index in [1.54, 1.807) is 12.2 Å². The molecule has 0 bridgehead atoms. The molecule has 0 aliphatic rings. The topological polar surface area (TPSA) is 225 Å². The van der Waals surface area contributed by atoms with Gasteiger partial charge in [0.1, 0.15) is 31.5 Å². The average molecular weight is 995 g/mol. The summed E-state index contributed by atoms with van der Waals surface area (Å²) < 4.78 is 52.8. The van der Waals surface area contributed by atoms with Gasteiger partial charge in [0.15, 0.2) is 0 Å². The molecule has 0 rings (SSSR count). The number of rotatable bonds is 43. The number of ether oxygens (including phenoxy) is 2. The number of allylic oxidation sites excluding steroid dienone is 21. The largest absolute Gasteiger partial charge is 0.472 e. The Balaban J connectivity index is 4.04. The Morgan fingerprint density at radius 3 is 1.19 bits per heavy atom. The lowest BCUT2D eigenvalue weighted by molar-refractivity contribution is -0.147. The maximum atomic E-state index is 12.2.